The summed E-state index contributed by atoms with van der Waals surface area (Å²) >= 11 is 0. The van der Waals surface area contributed by atoms with Crippen LogP contribution in [0.5, 0.6) is 0 Å². The third-order valence-corrected chi connectivity index (χ3v) is 7.05. The molecule has 0 aliphatic heterocycles. The van der Waals surface area contributed by atoms with Crippen LogP contribution in [0.15, 0.2) is 83.8 Å². The van der Waals surface area contributed by atoms with Crippen LogP contribution in [0.25, 0.3) is 5.69 Å². The van der Waals surface area contributed by atoms with Crippen LogP contribution in [-0.2, 0) is 22.9 Å². The lowest BCUT2D eigenvalue weighted by molar-refractivity contribution is 0.102. The second-order valence-corrected chi connectivity index (χ2v) is 9.63. The third kappa shape index (κ3) is 4.17. The monoisotopic (exact) mass is 476 g/mol. The first-order valence-electron chi connectivity index (χ1n) is 10.8. The number of anilines is 2. The van der Waals surface area contributed by atoms with Gasteiger partial charge in [0.1, 0.15) is 11.5 Å². The van der Waals surface area contributed by atoms with E-state index in [-0.39, 0.29) is 10.6 Å². The van der Waals surface area contributed by atoms with Gasteiger partial charge >= 0.3 is 0 Å². The van der Waals surface area contributed by atoms with Crippen molar-refractivity contribution in [1.29, 1.82) is 0 Å². The van der Waals surface area contributed by atoms with Crippen molar-refractivity contribution in [1.82, 2.24) is 9.78 Å². The highest BCUT2D eigenvalue weighted by atomic mass is 32.2. The van der Waals surface area contributed by atoms with Crippen molar-refractivity contribution in [3.05, 3.63) is 102 Å². The number of sulfonamides is 1. The van der Waals surface area contributed by atoms with Gasteiger partial charge in [-0.25, -0.2) is 17.5 Å². The van der Waals surface area contributed by atoms with Gasteiger partial charge in [-0.2, -0.15) is 5.10 Å². The summed E-state index contributed by atoms with van der Waals surface area (Å²) in [6, 6.07) is 20.8. The van der Waals surface area contributed by atoms with E-state index in [1.54, 1.807) is 54.6 Å². The van der Waals surface area contributed by atoms with E-state index < -0.39 is 21.7 Å². The van der Waals surface area contributed by atoms with Gasteiger partial charge in [-0.15, -0.1) is 0 Å². The number of carbonyl (C=O) groups is 1. The van der Waals surface area contributed by atoms with E-state index in [1.807, 2.05) is 0 Å². The molecule has 0 unspecified atom stereocenters. The fraction of sp³-hybridized carbons (Fsp3) is 0.120. The summed E-state index contributed by atoms with van der Waals surface area (Å²) in [5.41, 5.74) is 2.90. The molecule has 0 bridgehead atoms. The third-order valence-electron chi connectivity index (χ3n) is 5.65. The number of nitrogens with zero attached hydrogens (tertiary/aromatic N) is 2. The highest BCUT2D eigenvalue weighted by Gasteiger charge is 2.28. The molecular weight excluding hydrogens is 455 g/mol. The average Bonchev–Trinajstić information content (AvgIpc) is 3.43. The molecule has 7 nitrogen and oxygen atoms in total. The number of benzene rings is 3. The Labute approximate surface area is 196 Å². The van der Waals surface area contributed by atoms with Crippen molar-refractivity contribution in [3.8, 4) is 5.69 Å². The Hall–Kier alpha value is -3.98. The predicted molar refractivity (Wildman–Crippen MR) is 127 cm³/mol. The van der Waals surface area contributed by atoms with Crippen LogP contribution in [0.4, 0.5) is 15.8 Å². The topological polar surface area (TPSA) is 93.1 Å². The molecule has 3 aromatic carbocycles. The Balaban J connectivity index is 1.40. The summed E-state index contributed by atoms with van der Waals surface area (Å²) in [5.74, 6) is -0.846. The fourth-order valence-electron chi connectivity index (χ4n) is 4.11. The number of amides is 1. The van der Waals surface area contributed by atoms with E-state index in [1.165, 1.54) is 28.9 Å². The number of hydrogen-bond acceptors (Lipinski definition) is 4. The first-order valence-corrected chi connectivity index (χ1v) is 12.3. The summed E-state index contributed by atoms with van der Waals surface area (Å²) < 4.78 is 43.6. The molecule has 1 amide bonds. The van der Waals surface area contributed by atoms with Crippen LogP contribution in [0, 0.1) is 5.82 Å². The SMILES string of the molecule is O=C(Nc1cccc(NS(=O)(=O)c2ccccc2)c1)c1nn(-c2ccccc2F)c2c1CCC2. The molecule has 5 rings (SSSR count). The van der Waals surface area contributed by atoms with Crippen molar-refractivity contribution in [2.45, 2.75) is 24.2 Å². The van der Waals surface area contributed by atoms with Crippen LogP contribution in [-0.4, -0.2) is 24.1 Å². The van der Waals surface area contributed by atoms with Gasteiger partial charge in [0, 0.05) is 16.9 Å². The van der Waals surface area contributed by atoms with Crippen LogP contribution in [0.3, 0.4) is 0 Å². The Bertz CT molecular complexity index is 1480. The number of carbonyl (C=O) groups excluding carboxylic acids is 1. The largest absolute Gasteiger partial charge is 0.321 e. The van der Waals surface area contributed by atoms with Crippen molar-refractivity contribution >= 4 is 27.3 Å². The molecule has 0 saturated carbocycles. The predicted octanol–water partition coefficient (Wildman–Crippen LogP) is 4.55. The molecule has 1 aliphatic rings. The quantitative estimate of drug-likeness (QED) is 0.427. The summed E-state index contributed by atoms with van der Waals surface area (Å²) in [6.07, 6.45) is 2.25. The molecule has 0 saturated heterocycles. The average molecular weight is 477 g/mol. The van der Waals surface area contributed by atoms with Crippen LogP contribution in [0.2, 0.25) is 0 Å². The van der Waals surface area contributed by atoms with Crippen LogP contribution < -0.4 is 10.0 Å². The van der Waals surface area contributed by atoms with Crippen molar-refractivity contribution in [2.75, 3.05) is 10.0 Å². The number of para-hydroxylation sites is 1. The lowest BCUT2D eigenvalue weighted by Gasteiger charge is -2.10. The minimum atomic E-state index is -3.76. The lowest BCUT2D eigenvalue weighted by Crippen LogP contribution is -2.16. The molecule has 0 radical (unpaired) electrons. The molecule has 0 spiro atoms. The normalized spacial score (nSPS) is 12.9. The Morgan fingerprint density at radius 2 is 1.65 bits per heavy atom. The number of aromatic nitrogens is 2. The summed E-state index contributed by atoms with van der Waals surface area (Å²) in [4.78, 5) is 13.2. The molecule has 0 fully saturated rings. The molecule has 1 aromatic heterocycles. The molecule has 4 aromatic rings. The standard InChI is InChI=1S/C25H21FN4O3S/c26-21-13-4-5-14-23(21)30-22-15-7-12-20(22)24(28-30)25(31)27-17-8-6-9-18(16-17)29-34(32,33)19-10-2-1-3-11-19/h1-6,8-11,13-14,16,29H,7,12,15H2,(H,27,31). The highest BCUT2D eigenvalue weighted by Crippen LogP contribution is 2.29. The van der Waals surface area contributed by atoms with E-state index >= 15 is 0 Å². The molecule has 34 heavy (non-hydrogen) atoms. The number of rotatable bonds is 6. The summed E-state index contributed by atoms with van der Waals surface area (Å²) in [7, 11) is -3.76. The zero-order chi connectivity index (χ0) is 23.7. The lowest BCUT2D eigenvalue weighted by atomic mass is 10.2. The van der Waals surface area contributed by atoms with E-state index in [0.29, 0.717) is 29.9 Å². The highest BCUT2D eigenvalue weighted by molar-refractivity contribution is 7.92. The second kappa shape index (κ2) is 8.75. The maximum atomic E-state index is 14.4. The molecular formula is C25H21FN4O3S. The van der Waals surface area contributed by atoms with Gasteiger partial charge in [0.25, 0.3) is 15.9 Å². The molecule has 1 heterocycles. The molecule has 2 N–H and O–H groups in total. The first-order chi connectivity index (χ1) is 16.4. The summed E-state index contributed by atoms with van der Waals surface area (Å²) in [6.45, 7) is 0. The summed E-state index contributed by atoms with van der Waals surface area (Å²) in [5, 5.41) is 7.22. The first kappa shape index (κ1) is 21.8. The molecule has 172 valence electrons. The van der Waals surface area contributed by atoms with Crippen LogP contribution in [0.1, 0.15) is 28.2 Å². The van der Waals surface area contributed by atoms with E-state index in [2.05, 4.69) is 15.1 Å². The Kier molecular flexibility index (Phi) is 5.62. The van der Waals surface area contributed by atoms with Gasteiger partial charge < -0.3 is 5.32 Å². The zero-order valence-electron chi connectivity index (χ0n) is 18.0. The molecule has 1 aliphatic carbocycles. The zero-order valence-corrected chi connectivity index (χ0v) is 18.8. The molecule has 9 heteroatoms. The minimum absolute atomic E-state index is 0.138. The maximum Gasteiger partial charge on any atom is 0.276 e. The van der Waals surface area contributed by atoms with E-state index in [4.69, 9.17) is 0 Å². The van der Waals surface area contributed by atoms with Crippen LogP contribution >= 0.6 is 0 Å². The van der Waals surface area contributed by atoms with E-state index in [0.717, 1.165) is 17.7 Å². The Morgan fingerprint density at radius 3 is 2.44 bits per heavy atom. The van der Waals surface area contributed by atoms with Gasteiger partial charge in [-0.05, 0) is 61.7 Å². The van der Waals surface area contributed by atoms with Gasteiger partial charge in [-0.1, -0.05) is 36.4 Å². The van der Waals surface area contributed by atoms with Gasteiger partial charge in [0.15, 0.2) is 5.69 Å². The van der Waals surface area contributed by atoms with Crippen molar-refractivity contribution in [3.63, 3.8) is 0 Å². The minimum Gasteiger partial charge on any atom is -0.321 e. The van der Waals surface area contributed by atoms with Crippen molar-refractivity contribution < 1.29 is 17.6 Å². The Morgan fingerprint density at radius 1 is 0.912 bits per heavy atom. The smallest absolute Gasteiger partial charge is 0.276 e. The van der Waals surface area contributed by atoms with Crippen molar-refractivity contribution in [2.24, 2.45) is 0 Å². The number of halogens is 1. The fourth-order valence-corrected chi connectivity index (χ4v) is 5.18. The second-order valence-electron chi connectivity index (χ2n) is 7.94. The molecule has 0 atom stereocenters. The number of nitrogens with one attached hydrogen (secondary N) is 2. The van der Waals surface area contributed by atoms with Gasteiger partial charge in [0.05, 0.1) is 10.6 Å². The van der Waals surface area contributed by atoms with E-state index in [9.17, 15) is 17.6 Å². The number of fused-ring (bicyclic) bond motifs is 1. The maximum absolute atomic E-state index is 14.4. The van der Waals surface area contributed by atoms with Gasteiger partial charge in [-0.3, -0.25) is 9.52 Å². The van der Waals surface area contributed by atoms with Gasteiger partial charge in [0.2, 0.25) is 0 Å². The number of hydrogen-bond donors (Lipinski definition) is 2.